The molecule has 0 radical (unpaired) electrons. The van der Waals surface area contributed by atoms with Gasteiger partial charge in [-0.25, -0.2) is 0 Å². The van der Waals surface area contributed by atoms with Gasteiger partial charge in [0.1, 0.15) is 0 Å². The third-order valence-corrected chi connectivity index (χ3v) is 27.6. The van der Waals surface area contributed by atoms with Gasteiger partial charge in [0.05, 0.1) is 0 Å². The molecular formula is C43H80ClI3. The Kier molecular flexibility index (Phi) is 43.1. The second kappa shape index (κ2) is 41.9. The number of hydrogen-bond acceptors (Lipinski definition) is 0. The Hall–Kier alpha value is 1.44. The molecule has 1 atom stereocenters. The minimum atomic E-state index is -0.562. The first-order valence-electron chi connectivity index (χ1n) is 20.1. The summed E-state index contributed by atoms with van der Waals surface area (Å²) in [4.78, 5) is 5.01. The zero-order valence-corrected chi connectivity index (χ0v) is 39.0. The molecule has 1 unspecified atom stereocenters. The van der Waals surface area contributed by atoms with E-state index in [1.807, 2.05) is 0 Å². The average Bonchev–Trinajstić information content (AvgIpc) is 3.06. The Morgan fingerprint density at radius 2 is 0.830 bits per heavy atom. The maximum atomic E-state index is 6.89. The van der Waals surface area contributed by atoms with Crippen molar-refractivity contribution in [1.29, 1.82) is 0 Å². The molecule has 0 saturated carbocycles. The number of unbranched alkanes of at least 4 members (excludes halogenated alkanes) is 18. The Morgan fingerprint density at radius 3 is 1.23 bits per heavy atom. The summed E-state index contributed by atoms with van der Waals surface area (Å²) in [5, 5.41) is 0. The summed E-state index contributed by atoms with van der Waals surface area (Å²) < 4.78 is 3.16. The predicted molar refractivity (Wildman–Crippen MR) is 249 cm³/mol. The van der Waals surface area contributed by atoms with E-state index < -0.39 is 19.8 Å². The fourth-order valence-corrected chi connectivity index (χ4v) is 21.3. The van der Waals surface area contributed by atoms with Gasteiger partial charge in [0.2, 0.25) is 0 Å². The number of rotatable bonds is 36. The monoisotopic (exact) mass is 1010 g/mol. The number of hydrogen-bond donors (Lipinski definition) is 0. The van der Waals surface area contributed by atoms with E-state index in [4.69, 9.17) is 11.6 Å². The molecule has 0 aromatic carbocycles. The molecule has 47 heavy (non-hydrogen) atoms. The van der Waals surface area contributed by atoms with Crippen molar-refractivity contribution in [2.45, 2.75) is 201 Å². The molecule has 0 aromatic heterocycles. The summed E-state index contributed by atoms with van der Waals surface area (Å²) in [6.07, 6.45) is 57.4. The second-order valence-electron chi connectivity index (χ2n) is 13.6. The number of alkyl halides is 6. The van der Waals surface area contributed by atoms with E-state index in [1.54, 1.807) is 0 Å². The molecule has 0 fully saturated rings. The molecule has 0 aliphatic heterocycles. The van der Waals surface area contributed by atoms with Gasteiger partial charge in [0.25, 0.3) is 0 Å². The van der Waals surface area contributed by atoms with Crippen LogP contribution >= 0.6 is 64.6 Å². The van der Waals surface area contributed by atoms with E-state index >= 15 is 0 Å². The van der Waals surface area contributed by atoms with E-state index in [-0.39, 0.29) is 16.6 Å². The standard InChI is InChI=1S/C43H80ClI3/c1-5-7-9-11-13-15-17-19-21-23-25-27-29-31-33-35-38-42(45-46-43(44)40-37-41-47(3)4)39-36-34-32-30-28-26-24-22-20-18-16-14-12-10-8-6-2/h13-16,19-22,42-43H,5-12,17-18,23-41H2,1-4H3/b15-13-,16-14-,21-19-,22-20-. The first-order chi connectivity index (χ1) is 23.1. The van der Waals surface area contributed by atoms with Gasteiger partial charge in [0, 0.05) is 0 Å². The number of allylic oxidation sites excluding steroid dienone is 8. The Labute approximate surface area is 325 Å². The third kappa shape index (κ3) is 41.7. The molecule has 0 nitrogen and oxygen atoms in total. The van der Waals surface area contributed by atoms with Crippen molar-refractivity contribution in [2.24, 2.45) is 0 Å². The zero-order valence-electron chi connectivity index (χ0n) is 31.8. The van der Waals surface area contributed by atoms with Crippen LogP contribution in [0.5, 0.6) is 0 Å². The maximum absolute atomic E-state index is 6.89. The molecule has 0 amide bonds. The van der Waals surface area contributed by atoms with Gasteiger partial charge >= 0.3 is 163 Å². The van der Waals surface area contributed by atoms with Crippen LogP contribution in [0.2, 0.25) is 0 Å². The fraction of sp³-hybridized carbons (Fsp3) is 0.814. The van der Waals surface area contributed by atoms with Crippen LogP contribution in [0.25, 0.3) is 0 Å². The first kappa shape index (κ1) is 48.4. The molecule has 0 rings (SSSR count). The topological polar surface area (TPSA) is 0 Å². The molecule has 0 aliphatic carbocycles. The Morgan fingerprint density at radius 1 is 0.447 bits per heavy atom. The van der Waals surface area contributed by atoms with E-state index in [2.05, 4.69) is 72.3 Å². The van der Waals surface area contributed by atoms with Gasteiger partial charge in [-0.2, -0.15) is 0 Å². The summed E-state index contributed by atoms with van der Waals surface area (Å²) in [6, 6.07) is 0. The van der Waals surface area contributed by atoms with E-state index in [1.165, 1.54) is 171 Å². The van der Waals surface area contributed by atoms with Crippen LogP contribution in [-0.4, -0.2) is 21.6 Å². The van der Waals surface area contributed by atoms with Crippen LogP contribution in [0, 0.1) is 0 Å². The van der Waals surface area contributed by atoms with Gasteiger partial charge < -0.3 is 0 Å². The van der Waals surface area contributed by atoms with Crippen LogP contribution in [0.15, 0.2) is 48.6 Å². The van der Waals surface area contributed by atoms with Crippen LogP contribution < -0.4 is 0 Å². The fourth-order valence-electron chi connectivity index (χ4n) is 5.59. The molecule has 0 heterocycles. The van der Waals surface area contributed by atoms with E-state index in [9.17, 15) is 0 Å². The Bertz CT molecular complexity index is 706. The molecule has 0 aliphatic rings. The Balaban J connectivity index is 4.10. The minimum absolute atomic E-state index is 0.267. The number of halogens is 4. The molecular weight excluding hydrogens is 933 g/mol. The molecule has 0 saturated heterocycles. The summed E-state index contributed by atoms with van der Waals surface area (Å²) in [5.74, 6) is 0. The third-order valence-electron chi connectivity index (χ3n) is 8.62. The summed E-state index contributed by atoms with van der Waals surface area (Å²) >= 11 is 6.96. The van der Waals surface area contributed by atoms with Crippen molar-refractivity contribution in [1.82, 2.24) is 0 Å². The molecule has 4 heteroatoms. The molecule has 280 valence electrons. The summed E-state index contributed by atoms with van der Waals surface area (Å²) in [5.41, 5.74) is 0. The zero-order chi connectivity index (χ0) is 34.3. The molecule has 0 aromatic rings. The van der Waals surface area contributed by atoms with Crippen molar-refractivity contribution in [2.75, 3.05) is 14.3 Å². The quantitative estimate of drug-likeness (QED) is 0.0254. The summed E-state index contributed by atoms with van der Waals surface area (Å²) in [7, 11) is 0. The molecule has 0 N–H and O–H groups in total. The van der Waals surface area contributed by atoms with Crippen molar-refractivity contribution < 1.29 is 0 Å². The van der Waals surface area contributed by atoms with E-state index in [0.717, 1.165) is 16.8 Å². The van der Waals surface area contributed by atoms with Crippen molar-refractivity contribution in [3.05, 3.63) is 48.6 Å². The normalized spacial score (nSPS) is 14.0. The van der Waals surface area contributed by atoms with Gasteiger partial charge in [-0.15, -0.1) is 0 Å². The van der Waals surface area contributed by atoms with Crippen molar-refractivity contribution >= 4 is 64.6 Å². The predicted octanol–water partition coefficient (Wildman–Crippen LogP) is 17.7. The van der Waals surface area contributed by atoms with Crippen LogP contribution in [-0.2, 0) is 0 Å². The van der Waals surface area contributed by atoms with Crippen molar-refractivity contribution in [3.63, 3.8) is 0 Å². The van der Waals surface area contributed by atoms with Gasteiger partial charge in [-0.05, 0) is 64.2 Å². The molecule has 0 bridgehead atoms. The van der Waals surface area contributed by atoms with Crippen LogP contribution in [0.4, 0.5) is 0 Å². The van der Waals surface area contributed by atoms with Gasteiger partial charge in [-0.1, -0.05) is 101 Å². The molecule has 0 spiro atoms. The van der Waals surface area contributed by atoms with Gasteiger partial charge in [0.15, 0.2) is 0 Å². The van der Waals surface area contributed by atoms with Crippen LogP contribution in [0.1, 0.15) is 194 Å². The summed E-state index contributed by atoms with van der Waals surface area (Å²) in [6.45, 7) is 4.56. The van der Waals surface area contributed by atoms with Gasteiger partial charge in [-0.3, -0.25) is 0 Å². The first-order valence-corrected chi connectivity index (χ1v) is 35.1. The average molecular weight is 1010 g/mol. The van der Waals surface area contributed by atoms with Crippen molar-refractivity contribution in [3.8, 4) is 0 Å². The second-order valence-corrected chi connectivity index (χ2v) is 31.7. The SMILES string of the molecule is CCCCC/C=C\C/C=C\CCCCCCCCC(CCCCCCCC/C=C\C/C=C\CCCCC)I=IC(Cl)CCCI(C)C. The van der Waals surface area contributed by atoms with Crippen LogP contribution in [0.3, 0.4) is 0 Å². The van der Waals surface area contributed by atoms with E-state index in [0.29, 0.717) is 20.0 Å².